The van der Waals surface area contributed by atoms with Gasteiger partial charge in [0.05, 0.1) is 6.61 Å². The van der Waals surface area contributed by atoms with Gasteiger partial charge in [0.15, 0.2) is 0 Å². The number of aliphatic hydroxyl groups is 1. The number of aliphatic carboxylic acids is 1. The minimum atomic E-state index is -0.958. The summed E-state index contributed by atoms with van der Waals surface area (Å²) in [7, 11) is 0. The fourth-order valence-electron chi connectivity index (χ4n) is 2.16. The minimum absolute atomic E-state index is 0.0495. The molecular formula is C20H28N2O3. The molecule has 2 aromatic rings. The van der Waals surface area contributed by atoms with Gasteiger partial charge in [0.25, 0.3) is 0 Å². The van der Waals surface area contributed by atoms with Crippen LogP contribution in [0.5, 0.6) is 0 Å². The quantitative estimate of drug-likeness (QED) is 0.639. The Balaban J connectivity index is 0.000000251. The van der Waals surface area contributed by atoms with E-state index in [4.69, 9.17) is 21.7 Å². The van der Waals surface area contributed by atoms with E-state index in [9.17, 15) is 4.79 Å². The van der Waals surface area contributed by atoms with E-state index in [0.29, 0.717) is 6.42 Å². The second kappa shape index (κ2) is 10.6. The molecule has 0 fully saturated rings. The molecule has 0 saturated carbocycles. The fourth-order valence-corrected chi connectivity index (χ4v) is 2.16. The van der Waals surface area contributed by atoms with Gasteiger partial charge in [-0.1, -0.05) is 59.7 Å². The second-order valence-electron chi connectivity index (χ2n) is 6.27. The third kappa shape index (κ3) is 8.44. The van der Waals surface area contributed by atoms with Crippen molar-refractivity contribution in [2.24, 2.45) is 11.5 Å². The van der Waals surface area contributed by atoms with Crippen molar-refractivity contribution in [3.63, 3.8) is 0 Å². The van der Waals surface area contributed by atoms with Gasteiger partial charge in [-0.3, -0.25) is 4.79 Å². The van der Waals surface area contributed by atoms with Crippen molar-refractivity contribution in [2.75, 3.05) is 6.61 Å². The van der Waals surface area contributed by atoms with Gasteiger partial charge in [-0.05, 0) is 37.8 Å². The highest BCUT2D eigenvalue weighted by Gasteiger charge is 2.11. The predicted octanol–water partition coefficient (Wildman–Crippen LogP) is 1.81. The molecule has 0 radical (unpaired) electrons. The van der Waals surface area contributed by atoms with Gasteiger partial charge in [-0.2, -0.15) is 0 Å². The van der Waals surface area contributed by atoms with Gasteiger partial charge in [-0.15, -0.1) is 0 Å². The molecular weight excluding hydrogens is 316 g/mol. The first-order valence-electron chi connectivity index (χ1n) is 8.27. The van der Waals surface area contributed by atoms with E-state index < -0.39 is 12.0 Å². The standard InChI is InChI=1S/C10H13NO2.C10H15NO/c1-7-2-4-8(5-3-7)6-9(11)10(12)13;1-8-2-4-9(5-3-8)6-10(11)7-12/h2-5,9H,6,11H2,1H3,(H,12,13);2-5,10,12H,6-7,11H2,1H3/t9-;10-/m00/s1. The van der Waals surface area contributed by atoms with E-state index in [1.807, 2.05) is 43.3 Å². The molecule has 0 spiro atoms. The lowest BCUT2D eigenvalue weighted by atomic mass is 10.1. The molecule has 0 bridgehead atoms. The van der Waals surface area contributed by atoms with Gasteiger partial charge in [0.2, 0.25) is 0 Å². The van der Waals surface area contributed by atoms with Crippen LogP contribution in [0.4, 0.5) is 0 Å². The van der Waals surface area contributed by atoms with Gasteiger partial charge in [0.1, 0.15) is 6.04 Å². The monoisotopic (exact) mass is 344 g/mol. The Kier molecular flexibility index (Phi) is 8.84. The van der Waals surface area contributed by atoms with E-state index in [1.54, 1.807) is 0 Å². The first-order chi connectivity index (χ1) is 11.8. The molecule has 25 heavy (non-hydrogen) atoms. The Morgan fingerprint density at radius 3 is 1.64 bits per heavy atom. The van der Waals surface area contributed by atoms with Crippen LogP contribution in [0.1, 0.15) is 22.3 Å². The summed E-state index contributed by atoms with van der Waals surface area (Å²) < 4.78 is 0. The Labute approximate surface area is 149 Å². The van der Waals surface area contributed by atoms with E-state index in [-0.39, 0.29) is 12.6 Å². The summed E-state index contributed by atoms with van der Waals surface area (Å²) in [5, 5.41) is 17.3. The number of rotatable bonds is 6. The Morgan fingerprint density at radius 1 is 0.880 bits per heavy atom. The lowest BCUT2D eigenvalue weighted by molar-refractivity contribution is -0.138. The predicted molar refractivity (Wildman–Crippen MR) is 100 cm³/mol. The molecule has 0 aliphatic carbocycles. The van der Waals surface area contributed by atoms with Crippen molar-refractivity contribution in [1.29, 1.82) is 0 Å². The molecule has 0 aliphatic rings. The molecule has 5 nitrogen and oxygen atoms in total. The molecule has 0 amide bonds. The highest BCUT2D eigenvalue weighted by Crippen LogP contribution is 2.05. The van der Waals surface area contributed by atoms with Crippen LogP contribution < -0.4 is 11.5 Å². The van der Waals surface area contributed by atoms with Crippen LogP contribution in [0, 0.1) is 13.8 Å². The lowest BCUT2D eigenvalue weighted by Crippen LogP contribution is -2.32. The Bertz CT molecular complexity index is 639. The molecule has 136 valence electrons. The smallest absolute Gasteiger partial charge is 0.320 e. The van der Waals surface area contributed by atoms with Crippen molar-refractivity contribution in [3.05, 3.63) is 70.8 Å². The second-order valence-corrected chi connectivity index (χ2v) is 6.27. The van der Waals surface area contributed by atoms with Crippen LogP contribution in [-0.2, 0) is 17.6 Å². The fraction of sp³-hybridized carbons (Fsp3) is 0.350. The molecule has 0 unspecified atom stereocenters. The first-order valence-corrected chi connectivity index (χ1v) is 8.27. The number of carboxylic acid groups (broad SMARTS) is 1. The highest BCUT2D eigenvalue weighted by atomic mass is 16.4. The summed E-state index contributed by atoms with van der Waals surface area (Å²) in [4.78, 5) is 10.4. The van der Waals surface area contributed by atoms with Crippen molar-refractivity contribution in [1.82, 2.24) is 0 Å². The maximum Gasteiger partial charge on any atom is 0.320 e. The summed E-state index contributed by atoms with van der Waals surface area (Å²) in [6.07, 6.45) is 1.13. The summed E-state index contributed by atoms with van der Waals surface area (Å²) in [6, 6.07) is 15.0. The first kappa shape index (κ1) is 20.8. The Hall–Kier alpha value is -2.21. The van der Waals surface area contributed by atoms with Crippen LogP contribution >= 0.6 is 0 Å². The molecule has 2 atom stereocenters. The minimum Gasteiger partial charge on any atom is -0.480 e. The van der Waals surface area contributed by atoms with Gasteiger partial charge in [-0.25, -0.2) is 0 Å². The molecule has 0 aliphatic heterocycles. The molecule has 6 N–H and O–H groups in total. The number of nitrogens with two attached hydrogens (primary N) is 2. The van der Waals surface area contributed by atoms with Crippen LogP contribution in [0.2, 0.25) is 0 Å². The van der Waals surface area contributed by atoms with Crippen LogP contribution in [0.15, 0.2) is 48.5 Å². The van der Waals surface area contributed by atoms with E-state index in [0.717, 1.165) is 17.5 Å². The maximum absolute atomic E-state index is 10.4. The number of hydrogen-bond acceptors (Lipinski definition) is 4. The van der Waals surface area contributed by atoms with Crippen molar-refractivity contribution < 1.29 is 15.0 Å². The summed E-state index contributed by atoms with van der Waals surface area (Å²) in [5.41, 5.74) is 15.5. The average molecular weight is 344 g/mol. The number of aliphatic hydroxyl groups excluding tert-OH is 1. The SMILES string of the molecule is Cc1ccc(C[C@H](N)C(=O)O)cc1.Cc1ccc(C[C@H](N)CO)cc1. The summed E-state index contributed by atoms with van der Waals surface area (Å²) in [6.45, 7) is 4.09. The van der Waals surface area contributed by atoms with Crippen molar-refractivity contribution >= 4 is 5.97 Å². The van der Waals surface area contributed by atoms with Gasteiger partial charge >= 0.3 is 5.97 Å². The zero-order valence-corrected chi connectivity index (χ0v) is 14.9. The molecule has 0 saturated heterocycles. The number of carboxylic acids is 1. The van der Waals surface area contributed by atoms with E-state index >= 15 is 0 Å². The number of aryl methyl sites for hydroxylation is 2. The molecule has 2 rings (SSSR count). The van der Waals surface area contributed by atoms with Crippen molar-refractivity contribution in [2.45, 2.75) is 38.8 Å². The largest absolute Gasteiger partial charge is 0.480 e. The zero-order chi connectivity index (χ0) is 18.8. The molecule has 2 aromatic carbocycles. The molecule has 0 aromatic heterocycles. The Morgan fingerprint density at radius 2 is 1.28 bits per heavy atom. The van der Waals surface area contributed by atoms with E-state index in [1.165, 1.54) is 11.1 Å². The third-order valence-corrected chi connectivity index (χ3v) is 3.75. The number of hydrogen-bond donors (Lipinski definition) is 4. The normalized spacial score (nSPS) is 12.7. The van der Waals surface area contributed by atoms with Crippen molar-refractivity contribution in [3.8, 4) is 0 Å². The molecule has 5 heteroatoms. The topological polar surface area (TPSA) is 110 Å². The van der Waals surface area contributed by atoms with Crippen LogP contribution in [0.3, 0.4) is 0 Å². The summed E-state index contributed by atoms with van der Waals surface area (Å²) >= 11 is 0. The van der Waals surface area contributed by atoms with Gasteiger partial charge < -0.3 is 21.7 Å². The average Bonchev–Trinajstić information content (AvgIpc) is 2.59. The number of carbonyl (C=O) groups is 1. The number of benzene rings is 2. The zero-order valence-electron chi connectivity index (χ0n) is 14.9. The van der Waals surface area contributed by atoms with Gasteiger partial charge in [0, 0.05) is 6.04 Å². The van der Waals surface area contributed by atoms with E-state index in [2.05, 4.69) is 19.1 Å². The lowest BCUT2D eigenvalue weighted by Gasteiger charge is -2.07. The third-order valence-electron chi connectivity index (χ3n) is 3.75. The summed E-state index contributed by atoms with van der Waals surface area (Å²) in [5.74, 6) is -0.958. The molecule has 0 heterocycles. The highest BCUT2D eigenvalue weighted by molar-refractivity contribution is 5.73. The maximum atomic E-state index is 10.4. The van der Waals surface area contributed by atoms with Crippen LogP contribution in [-0.4, -0.2) is 34.9 Å². The van der Waals surface area contributed by atoms with Crippen LogP contribution in [0.25, 0.3) is 0 Å².